The number of carbonyl (C=O) groups excluding carboxylic acids is 1. The van der Waals surface area contributed by atoms with Gasteiger partial charge in [-0.05, 0) is 44.7 Å². The third kappa shape index (κ3) is 3.46. The van der Waals surface area contributed by atoms with E-state index in [2.05, 4.69) is 10.3 Å². The van der Waals surface area contributed by atoms with Crippen LogP contribution in [0.15, 0.2) is 18.3 Å². The van der Waals surface area contributed by atoms with Gasteiger partial charge in [0, 0.05) is 31.5 Å². The summed E-state index contributed by atoms with van der Waals surface area (Å²) in [6, 6.07) is 3.73. The van der Waals surface area contributed by atoms with Crippen molar-refractivity contribution in [1.82, 2.24) is 9.88 Å². The van der Waals surface area contributed by atoms with E-state index in [0.29, 0.717) is 11.6 Å². The van der Waals surface area contributed by atoms with E-state index in [1.807, 2.05) is 30.9 Å². The molecule has 1 aromatic heterocycles. The Kier molecular flexibility index (Phi) is 4.77. The zero-order valence-electron chi connectivity index (χ0n) is 11.9. The van der Waals surface area contributed by atoms with Crippen molar-refractivity contribution < 1.29 is 4.79 Å². The standard InChI is InChI=1S/C15H23N3O/c1-3-16-13-8-9-17-14(10-13)15(19)18(4-2)11-12-6-5-7-12/h8-10,12H,3-7,11H2,1-2H3,(H,16,17). The molecule has 104 valence electrons. The lowest BCUT2D eigenvalue weighted by molar-refractivity contribution is 0.0700. The quantitative estimate of drug-likeness (QED) is 0.856. The number of hydrogen-bond donors (Lipinski definition) is 1. The van der Waals surface area contributed by atoms with Crippen LogP contribution in [0.3, 0.4) is 0 Å². The summed E-state index contributed by atoms with van der Waals surface area (Å²) in [5, 5.41) is 3.21. The lowest BCUT2D eigenvalue weighted by Gasteiger charge is -2.31. The van der Waals surface area contributed by atoms with Crippen molar-refractivity contribution in [2.75, 3.05) is 25.0 Å². The predicted molar refractivity (Wildman–Crippen MR) is 77.3 cm³/mol. The largest absolute Gasteiger partial charge is 0.385 e. The highest BCUT2D eigenvalue weighted by Gasteiger charge is 2.24. The smallest absolute Gasteiger partial charge is 0.272 e. The molecule has 0 spiro atoms. The van der Waals surface area contributed by atoms with Crippen molar-refractivity contribution in [3.05, 3.63) is 24.0 Å². The molecule has 1 aliphatic carbocycles. The first-order valence-electron chi connectivity index (χ1n) is 7.23. The van der Waals surface area contributed by atoms with Crippen LogP contribution in [-0.2, 0) is 0 Å². The maximum absolute atomic E-state index is 12.4. The topological polar surface area (TPSA) is 45.2 Å². The Hall–Kier alpha value is -1.58. The highest BCUT2D eigenvalue weighted by Crippen LogP contribution is 2.27. The number of aromatic nitrogens is 1. The van der Waals surface area contributed by atoms with Crippen LogP contribution < -0.4 is 5.32 Å². The second-order valence-corrected chi connectivity index (χ2v) is 5.10. The number of nitrogens with zero attached hydrogens (tertiary/aromatic N) is 2. The number of anilines is 1. The first-order chi connectivity index (χ1) is 9.24. The summed E-state index contributed by atoms with van der Waals surface area (Å²) >= 11 is 0. The molecule has 4 heteroatoms. The Labute approximate surface area is 115 Å². The predicted octanol–water partition coefficient (Wildman–Crippen LogP) is 2.78. The van der Waals surface area contributed by atoms with Crippen LogP contribution in [0.2, 0.25) is 0 Å². The van der Waals surface area contributed by atoms with Crippen LogP contribution >= 0.6 is 0 Å². The molecule has 0 radical (unpaired) electrons. The van der Waals surface area contributed by atoms with Gasteiger partial charge in [0.25, 0.3) is 5.91 Å². The van der Waals surface area contributed by atoms with Crippen molar-refractivity contribution in [1.29, 1.82) is 0 Å². The Bertz CT molecular complexity index is 429. The van der Waals surface area contributed by atoms with Crippen LogP contribution in [0.4, 0.5) is 5.69 Å². The van der Waals surface area contributed by atoms with Gasteiger partial charge in [0.2, 0.25) is 0 Å². The number of hydrogen-bond acceptors (Lipinski definition) is 3. The zero-order valence-corrected chi connectivity index (χ0v) is 11.9. The van der Waals surface area contributed by atoms with E-state index in [1.165, 1.54) is 19.3 Å². The summed E-state index contributed by atoms with van der Waals surface area (Å²) in [6.07, 6.45) is 5.52. The highest BCUT2D eigenvalue weighted by molar-refractivity contribution is 5.93. The molecule has 1 aliphatic rings. The minimum atomic E-state index is 0.0501. The van der Waals surface area contributed by atoms with E-state index >= 15 is 0 Å². The first kappa shape index (κ1) is 13.8. The molecule has 0 saturated heterocycles. The number of rotatable bonds is 6. The van der Waals surface area contributed by atoms with E-state index in [9.17, 15) is 4.79 Å². The SMILES string of the molecule is CCNc1ccnc(C(=O)N(CC)CC2CCC2)c1. The second-order valence-electron chi connectivity index (χ2n) is 5.10. The third-order valence-corrected chi connectivity index (χ3v) is 3.73. The van der Waals surface area contributed by atoms with Crippen molar-refractivity contribution in [2.45, 2.75) is 33.1 Å². The van der Waals surface area contributed by atoms with Gasteiger partial charge in [0.1, 0.15) is 5.69 Å². The highest BCUT2D eigenvalue weighted by atomic mass is 16.2. The minimum Gasteiger partial charge on any atom is -0.385 e. The molecule has 1 fully saturated rings. The molecular weight excluding hydrogens is 238 g/mol. The van der Waals surface area contributed by atoms with Gasteiger partial charge in [0.15, 0.2) is 0 Å². The molecule has 4 nitrogen and oxygen atoms in total. The molecule has 1 heterocycles. The van der Waals surface area contributed by atoms with Crippen molar-refractivity contribution in [2.24, 2.45) is 5.92 Å². The molecule has 0 bridgehead atoms. The fourth-order valence-corrected chi connectivity index (χ4v) is 2.37. The fraction of sp³-hybridized carbons (Fsp3) is 0.600. The van der Waals surface area contributed by atoms with Gasteiger partial charge in [-0.3, -0.25) is 9.78 Å². The van der Waals surface area contributed by atoms with Gasteiger partial charge in [-0.15, -0.1) is 0 Å². The molecule has 0 aliphatic heterocycles. The molecular formula is C15H23N3O. The summed E-state index contributed by atoms with van der Waals surface area (Å²) in [4.78, 5) is 18.6. The van der Waals surface area contributed by atoms with Crippen LogP contribution in [0.1, 0.15) is 43.6 Å². The average Bonchev–Trinajstić information content (AvgIpc) is 2.38. The van der Waals surface area contributed by atoms with Crippen molar-refractivity contribution >= 4 is 11.6 Å². The minimum absolute atomic E-state index is 0.0501. The maximum Gasteiger partial charge on any atom is 0.272 e. The Morgan fingerprint density at radius 1 is 1.47 bits per heavy atom. The molecule has 1 aromatic rings. The van der Waals surface area contributed by atoms with Gasteiger partial charge in [-0.25, -0.2) is 0 Å². The summed E-state index contributed by atoms with van der Waals surface area (Å²) in [5.41, 5.74) is 1.50. The van der Waals surface area contributed by atoms with E-state index < -0.39 is 0 Å². The second kappa shape index (κ2) is 6.55. The summed E-state index contributed by atoms with van der Waals surface area (Å²) in [6.45, 7) is 6.55. The Balaban J connectivity index is 2.05. The van der Waals surface area contributed by atoms with E-state index in [1.54, 1.807) is 6.20 Å². The normalized spacial score (nSPS) is 14.8. The molecule has 0 unspecified atom stereocenters. The van der Waals surface area contributed by atoms with Gasteiger partial charge in [0.05, 0.1) is 0 Å². The van der Waals surface area contributed by atoms with Crippen LogP contribution in [0, 0.1) is 5.92 Å². The number of carbonyl (C=O) groups is 1. The van der Waals surface area contributed by atoms with Gasteiger partial charge < -0.3 is 10.2 Å². The van der Waals surface area contributed by atoms with Gasteiger partial charge in [-0.1, -0.05) is 6.42 Å². The summed E-state index contributed by atoms with van der Waals surface area (Å²) in [7, 11) is 0. The van der Waals surface area contributed by atoms with Crippen LogP contribution in [-0.4, -0.2) is 35.4 Å². The molecule has 1 N–H and O–H groups in total. The van der Waals surface area contributed by atoms with Crippen molar-refractivity contribution in [3.63, 3.8) is 0 Å². The monoisotopic (exact) mass is 261 g/mol. The van der Waals surface area contributed by atoms with Crippen LogP contribution in [0.5, 0.6) is 0 Å². The molecule has 0 aromatic carbocycles. The first-order valence-corrected chi connectivity index (χ1v) is 7.23. The molecule has 19 heavy (non-hydrogen) atoms. The zero-order chi connectivity index (χ0) is 13.7. The van der Waals surface area contributed by atoms with E-state index in [0.717, 1.165) is 25.3 Å². The number of nitrogens with one attached hydrogen (secondary N) is 1. The molecule has 1 saturated carbocycles. The Morgan fingerprint density at radius 3 is 2.84 bits per heavy atom. The van der Waals surface area contributed by atoms with Crippen LogP contribution in [0.25, 0.3) is 0 Å². The summed E-state index contributed by atoms with van der Waals surface area (Å²) < 4.78 is 0. The molecule has 0 atom stereocenters. The number of amides is 1. The van der Waals surface area contributed by atoms with E-state index in [4.69, 9.17) is 0 Å². The maximum atomic E-state index is 12.4. The molecule has 2 rings (SSSR count). The fourth-order valence-electron chi connectivity index (χ4n) is 2.37. The van der Waals surface area contributed by atoms with E-state index in [-0.39, 0.29) is 5.91 Å². The third-order valence-electron chi connectivity index (χ3n) is 3.73. The van der Waals surface area contributed by atoms with Gasteiger partial charge >= 0.3 is 0 Å². The Morgan fingerprint density at radius 2 is 2.26 bits per heavy atom. The van der Waals surface area contributed by atoms with Gasteiger partial charge in [-0.2, -0.15) is 0 Å². The average molecular weight is 261 g/mol. The van der Waals surface area contributed by atoms with Crippen molar-refractivity contribution in [3.8, 4) is 0 Å². The lowest BCUT2D eigenvalue weighted by atomic mass is 9.85. The molecule has 1 amide bonds. The number of pyridine rings is 1. The summed E-state index contributed by atoms with van der Waals surface area (Å²) in [5.74, 6) is 0.745. The lowest BCUT2D eigenvalue weighted by Crippen LogP contribution is -2.37.